The molecule has 1 unspecified atom stereocenters. The van der Waals surface area contributed by atoms with Gasteiger partial charge in [-0.1, -0.05) is 6.07 Å². The molecule has 2 aromatic heterocycles. The molecular formula is C21H21FN4O2. The van der Waals surface area contributed by atoms with E-state index in [2.05, 4.69) is 20.4 Å². The van der Waals surface area contributed by atoms with E-state index in [1.54, 1.807) is 31.4 Å². The highest BCUT2D eigenvalue weighted by atomic mass is 19.1. The Bertz CT molecular complexity index is 957. The number of nitrogens with one attached hydrogen (secondary N) is 1. The van der Waals surface area contributed by atoms with E-state index in [4.69, 9.17) is 4.42 Å². The van der Waals surface area contributed by atoms with E-state index in [0.717, 1.165) is 25.2 Å². The SMILES string of the molecule is Cc1ccc(NC(=O)C2CCCN(c3ccc(-c4ccco4)nn3)C2)cc1F. The third-order valence-corrected chi connectivity index (χ3v) is 4.98. The van der Waals surface area contributed by atoms with Gasteiger partial charge in [-0.3, -0.25) is 4.79 Å². The first-order chi connectivity index (χ1) is 13.6. The van der Waals surface area contributed by atoms with Crippen LogP contribution in [0.15, 0.2) is 53.1 Å². The molecule has 0 spiro atoms. The van der Waals surface area contributed by atoms with Gasteiger partial charge >= 0.3 is 0 Å². The third-order valence-electron chi connectivity index (χ3n) is 4.98. The topological polar surface area (TPSA) is 71.3 Å². The number of carbonyl (C=O) groups is 1. The predicted molar refractivity (Wildman–Crippen MR) is 104 cm³/mol. The molecule has 144 valence electrons. The summed E-state index contributed by atoms with van der Waals surface area (Å²) in [6.45, 7) is 3.06. The molecule has 0 radical (unpaired) electrons. The number of halogens is 1. The van der Waals surface area contributed by atoms with Gasteiger partial charge < -0.3 is 14.6 Å². The van der Waals surface area contributed by atoms with E-state index >= 15 is 0 Å². The second-order valence-corrected chi connectivity index (χ2v) is 6.99. The molecule has 7 heteroatoms. The molecule has 1 amide bonds. The van der Waals surface area contributed by atoms with Crippen LogP contribution in [0.2, 0.25) is 0 Å². The molecule has 1 atom stereocenters. The lowest BCUT2D eigenvalue weighted by molar-refractivity contribution is -0.120. The lowest BCUT2D eigenvalue weighted by Gasteiger charge is -2.32. The van der Waals surface area contributed by atoms with Crippen LogP contribution in [0.4, 0.5) is 15.9 Å². The normalized spacial score (nSPS) is 16.8. The van der Waals surface area contributed by atoms with Crippen molar-refractivity contribution in [2.45, 2.75) is 19.8 Å². The van der Waals surface area contributed by atoms with Crippen molar-refractivity contribution >= 4 is 17.4 Å². The fraction of sp³-hybridized carbons (Fsp3) is 0.286. The van der Waals surface area contributed by atoms with Crippen molar-refractivity contribution in [2.24, 2.45) is 5.92 Å². The summed E-state index contributed by atoms with van der Waals surface area (Å²) in [6, 6.07) is 12.1. The standard InChI is InChI=1S/C21H21FN4O2/c1-14-6-7-16(12-17(14)22)23-21(27)15-4-2-10-26(13-15)20-9-8-18(24-25-20)19-5-3-11-28-19/h3,5-9,11-12,15H,2,4,10,13H2,1H3,(H,23,27). The average molecular weight is 380 g/mol. The molecule has 1 aromatic carbocycles. The number of amides is 1. The Hall–Kier alpha value is -3.22. The number of rotatable bonds is 4. The molecule has 0 bridgehead atoms. The molecule has 0 aliphatic carbocycles. The molecule has 3 aromatic rings. The minimum Gasteiger partial charge on any atom is -0.463 e. The van der Waals surface area contributed by atoms with Gasteiger partial charge in [-0.05, 0) is 61.7 Å². The monoisotopic (exact) mass is 380 g/mol. The molecule has 3 heterocycles. The van der Waals surface area contributed by atoms with Crippen LogP contribution in [0.3, 0.4) is 0 Å². The Balaban J connectivity index is 1.42. The van der Waals surface area contributed by atoms with Gasteiger partial charge in [-0.2, -0.15) is 0 Å². The molecule has 1 N–H and O–H groups in total. The van der Waals surface area contributed by atoms with Gasteiger partial charge in [0, 0.05) is 18.8 Å². The summed E-state index contributed by atoms with van der Waals surface area (Å²) < 4.78 is 19.0. The van der Waals surface area contributed by atoms with E-state index in [0.29, 0.717) is 29.2 Å². The first kappa shape index (κ1) is 18.2. The van der Waals surface area contributed by atoms with E-state index < -0.39 is 0 Å². The minimum atomic E-state index is -0.324. The Labute approximate surface area is 162 Å². The Morgan fingerprint density at radius 1 is 1.25 bits per heavy atom. The van der Waals surface area contributed by atoms with Crippen LogP contribution in [-0.2, 0) is 4.79 Å². The van der Waals surface area contributed by atoms with Gasteiger partial charge in [0.1, 0.15) is 11.5 Å². The van der Waals surface area contributed by atoms with Gasteiger partial charge in [-0.15, -0.1) is 10.2 Å². The first-order valence-corrected chi connectivity index (χ1v) is 9.30. The van der Waals surface area contributed by atoms with Crippen LogP contribution < -0.4 is 10.2 Å². The largest absolute Gasteiger partial charge is 0.463 e. The van der Waals surface area contributed by atoms with Crippen molar-refractivity contribution in [1.82, 2.24) is 10.2 Å². The Morgan fingerprint density at radius 2 is 2.14 bits per heavy atom. The van der Waals surface area contributed by atoms with Gasteiger partial charge in [0.2, 0.25) is 5.91 Å². The van der Waals surface area contributed by atoms with Crippen LogP contribution in [0.25, 0.3) is 11.5 Å². The summed E-state index contributed by atoms with van der Waals surface area (Å²) in [5, 5.41) is 11.3. The van der Waals surface area contributed by atoms with Crippen molar-refractivity contribution in [2.75, 3.05) is 23.3 Å². The second-order valence-electron chi connectivity index (χ2n) is 6.99. The van der Waals surface area contributed by atoms with Crippen LogP contribution in [0.1, 0.15) is 18.4 Å². The number of aryl methyl sites for hydroxylation is 1. The zero-order chi connectivity index (χ0) is 19.5. The number of piperidine rings is 1. The summed E-state index contributed by atoms with van der Waals surface area (Å²) in [4.78, 5) is 14.7. The molecule has 0 saturated carbocycles. The van der Waals surface area contributed by atoms with Crippen molar-refractivity contribution in [1.29, 1.82) is 0 Å². The smallest absolute Gasteiger partial charge is 0.229 e. The molecule has 28 heavy (non-hydrogen) atoms. The van der Waals surface area contributed by atoms with Crippen molar-refractivity contribution in [3.8, 4) is 11.5 Å². The van der Waals surface area contributed by atoms with Gasteiger partial charge in [-0.25, -0.2) is 4.39 Å². The summed E-state index contributed by atoms with van der Waals surface area (Å²) in [5.74, 6) is 0.780. The lowest BCUT2D eigenvalue weighted by Crippen LogP contribution is -2.41. The molecule has 4 rings (SSSR count). The molecule has 1 aliphatic rings. The molecule has 1 aliphatic heterocycles. The summed E-state index contributed by atoms with van der Waals surface area (Å²) in [5.41, 5.74) is 1.70. The number of carbonyl (C=O) groups excluding carboxylic acids is 1. The zero-order valence-electron chi connectivity index (χ0n) is 15.6. The Kier molecular flexibility index (Phi) is 5.06. The van der Waals surface area contributed by atoms with E-state index in [9.17, 15) is 9.18 Å². The molecule has 1 fully saturated rings. The maximum Gasteiger partial charge on any atom is 0.229 e. The highest BCUT2D eigenvalue weighted by molar-refractivity contribution is 5.93. The zero-order valence-corrected chi connectivity index (χ0v) is 15.6. The van der Waals surface area contributed by atoms with Gasteiger partial charge in [0.15, 0.2) is 11.6 Å². The van der Waals surface area contributed by atoms with Crippen LogP contribution >= 0.6 is 0 Å². The summed E-state index contributed by atoms with van der Waals surface area (Å²) in [7, 11) is 0. The first-order valence-electron chi connectivity index (χ1n) is 9.30. The minimum absolute atomic E-state index is 0.104. The fourth-order valence-electron chi connectivity index (χ4n) is 3.36. The second kappa shape index (κ2) is 7.80. The highest BCUT2D eigenvalue weighted by Crippen LogP contribution is 2.24. The van der Waals surface area contributed by atoms with Gasteiger partial charge in [0.25, 0.3) is 0 Å². The van der Waals surface area contributed by atoms with Crippen molar-refractivity contribution < 1.29 is 13.6 Å². The lowest BCUT2D eigenvalue weighted by atomic mass is 9.97. The number of benzene rings is 1. The maximum atomic E-state index is 13.7. The number of aromatic nitrogens is 2. The van der Waals surface area contributed by atoms with Crippen LogP contribution in [-0.4, -0.2) is 29.2 Å². The number of nitrogens with zero attached hydrogens (tertiary/aromatic N) is 3. The number of hydrogen-bond donors (Lipinski definition) is 1. The van der Waals surface area contributed by atoms with E-state index in [-0.39, 0.29) is 17.6 Å². The molecule has 6 nitrogen and oxygen atoms in total. The average Bonchev–Trinajstić information content (AvgIpc) is 3.26. The van der Waals surface area contributed by atoms with Crippen molar-refractivity contribution in [3.63, 3.8) is 0 Å². The third kappa shape index (κ3) is 3.88. The van der Waals surface area contributed by atoms with Gasteiger partial charge in [0.05, 0.1) is 12.2 Å². The van der Waals surface area contributed by atoms with Crippen LogP contribution in [0, 0.1) is 18.7 Å². The fourth-order valence-corrected chi connectivity index (χ4v) is 3.36. The quantitative estimate of drug-likeness (QED) is 0.740. The molecular weight excluding hydrogens is 359 g/mol. The van der Waals surface area contributed by atoms with Crippen LogP contribution in [0.5, 0.6) is 0 Å². The Morgan fingerprint density at radius 3 is 2.86 bits per heavy atom. The highest BCUT2D eigenvalue weighted by Gasteiger charge is 2.27. The number of furan rings is 1. The van der Waals surface area contributed by atoms with E-state index in [1.807, 2.05) is 18.2 Å². The molecule has 1 saturated heterocycles. The summed E-state index contributed by atoms with van der Waals surface area (Å²) in [6.07, 6.45) is 3.26. The maximum absolute atomic E-state index is 13.7. The predicted octanol–water partition coefficient (Wildman–Crippen LogP) is 4.04. The number of anilines is 2. The summed E-state index contributed by atoms with van der Waals surface area (Å²) >= 11 is 0. The van der Waals surface area contributed by atoms with E-state index in [1.165, 1.54) is 6.07 Å². The van der Waals surface area contributed by atoms with Crippen molar-refractivity contribution in [3.05, 3.63) is 60.1 Å². The number of hydrogen-bond acceptors (Lipinski definition) is 5.